The lowest BCUT2D eigenvalue weighted by Crippen LogP contribution is -1.88. The van der Waals surface area contributed by atoms with Crippen LogP contribution in [0.2, 0.25) is 5.15 Å². The van der Waals surface area contributed by atoms with Gasteiger partial charge in [0.2, 0.25) is 0 Å². The minimum atomic E-state index is 0.474. The lowest BCUT2D eigenvalue weighted by atomic mass is 10.1. The summed E-state index contributed by atoms with van der Waals surface area (Å²) in [5.74, 6) is 0. The fourth-order valence-electron chi connectivity index (χ4n) is 1.22. The van der Waals surface area contributed by atoms with E-state index in [1.165, 1.54) is 0 Å². The summed E-state index contributed by atoms with van der Waals surface area (Å²) in [7, 11) is 0. The molecule has 0 saturated carbocycles. The Labute approximate surface area is 87.6 Å². The van der Waals surface area contributed by atoms with E-state index in [9.17, 15) is 0 Å². The van der Waals surface area contributed by atoms with Crippen LogP contribution in [0.1, 0.15) is 5.56 Å². The molecule has 1 radical (unpaired) electrons. The van der Waals surface area contributed by atoms with Crippen molar-refractivity contribution >= 4 is 11.6 Å². The number of aromatic nitrogens is 2. The van der Waals surface area contributed by atoms with E-state index in [4.69, 9.17) is 11.6 Å². The predicted octanol–water partition coefficient (Wildman–Crippen LogP) is 2.91. The van der Waals surface area contributed by atoms with Crippen molar-refractivity contribution in [2.45, 2.75) is 6.92 Å². The molecule has 0 N–H and O–H groups in total. The van der Waals surface area contributed by atoms with Gasteiger partial charge in [0.25, 0.3) is 0 Å². The molecule has 0 bridgehead atoms. The third-order valence-electron chi connectivity index (χ3n) is 1.95. The Kier molecular flexibility index (Phi) is 2.46. The van der Waals surface area contributed by atoms with Crippen LogP contribution in [0.15, 0.2) is 30.6 Å². The summed E-state index contributed by atoms with van der Waals surface area (Å²) in [6, 6.07) is 8.43. The fraction of sp³-hybridized carbons (Fsp3) is 0.0909. The summed E-state index contributed by atoms with van der Waals surface area (Å²) in [5.41, 5.74) is 2.82. The van der Waals surface area contributed by atoms with Gasteiger partial charge in [-0.3, -0.25) is 4.98 Å². The molecule has 0 spiro atoms. The van der Waals surface area contributed by atoms with Gasteiger partial charge in [0.1, 0.15) is 5.15 Å². The van der Waals surface area contributed by atoms with Gasteiger partial charge in [0, 0.05) is 24.0 Å². The highest BCUT2D eigenvalue weighted by molar-refractivity contribution is 6.29. The molecule has 0 amide bonds. The van der Waals surface area contributed by atoms with Crippen molar-refractivity contribution < 1.29 is 0 Å². The average Bonchev–Trinajstić information content (AvgIpc) is 2.18. The molecule has 0 unspecified atom stereocenters. The smallest absolute Gasteiger partial charge is 0.129 e. The highest BCUT2D eigenvalue weighted by Gasteiger charge is 2.03. The summed E-state index contributed by atoms with van der Waals surface area (Å²) in [6.07, 6.45) is 3.52. The molecular formula is C11H8ClN2. The summed E-state index contributed by atoms with van der Waals surface area (Å²) in [6.45, 7) is 2.01. The summed E-state index contributed by atoms with van der Waals surface area (Å²) in [5, 5.41) is 0.474. The van der Waals surface area contributed by atoms with E-state index in [1.54, 1.807) is 24.5 Å². The highest BCUT2D eigenvalue weighted by atomic mass is 35.5. The topological polar surface area (TPSA) is 25.8 Å². The van der Waals surface area contributed by atoms with Crippen molar-refractivity contribution in [3.05, 3.63) is 47.4 Å². The van der Waals surface area contributed by atoms with E-state index in [0.29, 0.717) is 5.15 Å². The second-order valence-corrected chi connectivity index (χ2v) is 3.34. The third-order valence-corrected chi connectivity index (χ3v) is 2.16. The maximum atomic E-state index is 5.80. The number of halogens is 1. The van der Waals surface area contributed by atoms with Crippen LogP contribution in [0, 0.1) is 13.0 Å². The van der Waals surface area contributed by atoms with Crippen molar-refractivity contribution in [3.63, 3.8) is 0 Å². The number of rotatable bonds is 1. The molecule has 0 aliphatic rings. The molecule has 0 aliphatic heterocycles. The first-order valence-electron chi connectivity index (χ1n) is 4.22. The van der Waals surface area contributed by atoms with E-state index in [0.717, 1.165) is 16.8 Å². The standard InChI is InChI=1S/C11H8ClN2/c1-8-5-6-13-7-9(8)10-3-2-4-11(12)14-10/h2,4-7H,1H3. The zero-order valence-electron chi connectivity index (χ0n) is 7.66. The van der Waals surface area contributed by atoms with E-state index in [2.05, 4.69) is 16.0 Å². The quantitative estimate of drug-likeness (QED) is 0.666. The van der Waals surface area contributed by atoms with Crippen LogP contribution in [0.25, 0.3) is 11.3 Å². The van der Waals surface area contributed by atoms with Gasteiger partial charge in [-0.05, 0) is 30.7 Å². The molecule has 0 atom stereocenters. The molecule has 2 aromatic heterocycles. The first kappa shape index (κ1) is 9.16. The lowest BCUT2D eigenvalue weighted by molar-refractivity contribution is 1.24. The van der Waals surface area contributed by atoms with E-state index in [-0.39, 0.29) is 0 Å². The van der Waals surface area contributed by atoms with E-state index >= 15 is 0 Å². The van der Waals surface area contributed by atoms with E-state index < -0.39 is 0 Å². The van der Waals surface area contributed by atoms with Crippen LogP contribution in [-0.4, -0.2) is 9.97 Å². The lowest BCUT2D eigenvalue weighted by Gasteiger charge is -2.03. The maximum Gasteiger partial charge on any atom is 0.129 e. The van der Waals surface area contributed by atoms with E-state index in [1.807, 2.05) is 13.0 Å². The molecular weight excluding hydrogens is 196 g/mol. The number of hydrogen-bond donors (Lipinski definition) is 0. The predicted molar refractivity (Wildman–Crippen MR) is 56.1 cm³/mol. The monoisotopic (exact) mass is 203 g/mol. The van der Waals surface area contributed by atoms with Crippen LogP contribution in [0.5, 0.6) is 0 Å². The maximum absolute atomic E-state index is 5.80. The van der Waals surface area contributed by atoms with Gasteiger partial charge in [-0.15, -0.1) is 0 Å². The minimum Gasteiger partial charge on any atom is -0.264 e. The molecule has 69 valence electrons. The van der Waals surface area contributed by atoms with Crippen molar-refractivity contribution in [2.24, 2.45) is 0 Å². The van der Waals surface area contributed by atoms with Gasteiger partial charge < -0.3 is 0 Å². The molecule has 0 saturated heterocycles. The van der Waals surface area contributed by atoms with Crippen LogP contribution in [0.3, 0.4) is 0 Å². The van der Waals surface area contributed by atoms with Gasteiger partial charge in [0.15, 0.2) is 0 Å². The molecule has 2 nitrogen and oxygen atoms in total. The van der Waals surface area contributed by atoms with Gasteiger partial charge in [0.05, 0.1) is 5.69 Å². The molecule has 0 aliphatic carbocycles. The van der Waals surface area contributed by atoms with Gasteiger partial charge in [-0.1, -0.05) is 11.6 Å². The molecule has 0 aromatic carbocycles. The zero-order valence-corrected chi connectivity index (χ0v) is 8.42. The molecule has 3 heteroatoms. The molecule has 2 heterocycles. The first-order chi connectivity index (χ1) is 6.77. The van der Waals surface area contributed by atoms with Crippen molar-refractivity contribution in [2.75, 3.05) is 0 Å². The SMILES string of the molecule is Cc1ccncc1-c1[c]ccc(Cl)n1. The minimum absolute atomic E-state index is 0.474. The largest absolute Gasteiger partial charge is 0.264 e. The average molecular weight is 204 g/mol. The number of aryl methyl sites for hydroxylation is 1. The van der Waals surface area contributed by atoms with Gasteiger partial charge in [-0.25, -0.2) is 4.98 Å². The summed E-state index contributed by atoms with van der Waals surface area (Å²) in [4.78, 5) is 8.22. The van der Waals surface area contributed by atoms with Crippen LogP contribution < -0.4 is 0 Å². The van der Waals surface area contributed by atoms with Crippen molar-refractivity contribution in [1.82, 2.24) is 9.97 Å². The summed E-state index contributed by atoms with van der Waals surface area (Å²) < 4.78 is 0. The second-order valence-electron chi connectivity index (χ2n) is 2.95. The zero-order chi connectivity index (χ0) is 9.97. The number of nitrogens with zero attached hydrogens (tertiary/aromatic N) is 2. The number of hydrogen-bond acceptors (Lipinski definition) is 2. The number of pyridine rings is 2. The van der Waals surface area contributed by atoms with Crippen molar-refractivity contribution in [1.29, 1.82) is 0 Å². The third kappa shape index (κ3) is 1.75. The summed E-state index contributed by atoms with van der Waals surface area (Å²) >= 11 is 5.80. The van der Waals surface area contributed by atoms with Crippen LogP contribution >= 0.6 is 11.6 Å². The van der Waals surface area contributed by atoms with Gasteiger partial charge in [-0.2, -0.15) is 0 Å². The normalized spacial score (nSPS) is 10.1. The Morgan fingerprint density at radius 3 is 2.93 bits per heavy atom. The Morgan fingerprint density at radius 2 is 2.21 bits per heavy atom. The van der Waals surface area contributed by atoms with Crippen molar-refractivity contribution in [3.8, 4) is 11.3 Å². The second kappa shape index (κ2) is 3.76. The Balaban J connectivity index is 2.55. The Hall–Kier alpha value is -1.41. The van der Waals surface area contributed by atoms with Crippen LogP contribution in [-0.2, 0) is 0 Å². The van der Waals surface area contributed by atoms with Gasteiger partial charge >= 0.3 is 0 Å². The molecule has 14 heavy (non-hydrogen) atoms. The highest BCUT2D eigenvalue weighted by Crippen LogP contribution is 2.20. The molecule has 2 aromatic rings. The Morgan fingerprint density at radius 1 is 1.36 bits per heavy atom. The fourth-order valence-corrected chi connectivity index (χ4v) is 1.36. The first-order valence-corrected chi connectivity index (χ1v) is 4.60. The van der Waals surface area contributed by atoms with Crippen LogP contribution in [0.4, 0.5) is 0 Å². The molecule has 2 rings (SSSR count). The Bertz CT molecular complexity index is 455. The molecule has 0 fully saturated rings.